The molecule has 32 heavy (non-hydrogen) atoms. The molecule has 1 fully saturated rings. The maximum atomic E-state index is 5.99. The highest BCUT2D eigenvalue weighted by molar-refractivity contribution is 14.0. The van der Waals surface area contributed by atoms with Crippen LogP contribution in [0.15, 0.2) is 47.5 Å². The average molecular weight is 573 g/mol. The smallest absolute Gasteiger partial charge is 0.191 e. The number of methoxy groups -OCH3 is 1. The Morgan fingerprint density at radius 1 is 1.09 bits per heavy atom. The summed E-state index contributed by atoms with van der Waals surface area (Å²) < 4.78 is 11.0. The summed E-state index contributed by atoms with van der Waals surface area (Å²) in [5.41, 5.74) is 2.42. The van der Waals surface area contributed by atoms with Gasteiger partial charge in [0.05, 0.1) is 13.7 Å². The molecule has 2 aromatic rings. The summed E-state index contributed by atoms with van der Waals surface area (Å²) in [5.74, 6) is 2.34. The number of hydrogen-bond acceptors (Lipinski definition) is 4. The molecule has 6 nitrogen and oxygen atoms in total. The lowest BCUT2D eigenvalue weighted by atomic mass is 10.0. The van der Waals surface area contributed by atoms with Crippen molar-refractivity contribution in [3.63, 3.8) is 0 Å². The van der Waals surface area contributed by atoms with Gasteiger partial charge in [-0.2, -0.15) is 0 Å². The minimum absolute atomic E-state index is 0. The SMILES string of the molecule is CCOc1cc(CNC(=NC)NC2CCN(Cc3ccc(Cl)cc3)CC2)ccc1OC.I. The molecule has 2 aromatic carbocycles. The Kier molecular flexibility index (Phi) is 11.4. The van der Waals surface area contributed by atoms with Crippen molar-refractivity contribution in [2.24, 2.45) is 4.99 Å². The molecule has 0 bridgehead atoms. The average Bonchev–Trinajstić information content (AvgIpc) is 2.79. The summed E-state index contributed by atoms with van der Waals surface area (Å²) in [6.07, 6.45) is 2.18. The second kappa shape index (κ2) is 13.7. The van der Waals surface area contributed by atoms with Crippen LogP contribution in [-0.2, 0) is 13.1 Å². The number of ether oxygens (including phenoxy) is 2. The number of aliphatic imine (C=N–C) groups is 1. The fraction of sp³-hybridized carbons (Fsp3) is 0.458. The molecule has 0 amide bonds. The van der Waals surface area contributed by atoms with Crippen molar-refractivity contribution in [3.05, 3.63) is 58.6 Å². The number of hydrogen-bond donors (Lipinski definition) is 2. The predicted molar refractivity (Wildman–Crippen MR) is 143 cm³/mol. The predicted octanol–water partition coefficient (Wildman–Crippen LogP) is 4.69. The van der Waals surface area contributed by atoms with E-state index < -0.39 is 0 Å². The van der Waals surface area contributed by atoms with Crippen molar-refractivity contribution in [1.82, 2.24) is 15.5 Å². The van der Waals surface area contributed by atoms with E-state index in [0.29, 0.717) is 19.2 Å². The normalized spacial score (nSPS) is 15.1. The Bertz CT molecular complexity index is 856. The molecule has 1 heterocycles. The summed E-state index contributed by atoms with van der Waals surface area (Å²) in [6.45, 7) is 6.33. The number of halogens is 2. The molecule has 0 atom stereocenters. The zero-order valence-corrected chi connectivity index (χ0v) is 22.2. The van der Waals surface area contributed by atoms with Gasteiger partial charge in [-0.3, -0.25) is 9.89 Å². The monoisotopic (exact) mass is 572 g/mol. The van der Waals surface area contributed by atoms with E-state index in [-0.39, 0.29) is 24.0 Å². The topological polar surface area (TPSA) is 58.1 Å². The van der Waals surface area contributed by atoms with Crippen LogP contribution in [0.2, 0.25) is 5.02 Å². The first-order valence-electron chi connectivity index (χ1n) is 10.8. The minimum atomic E-state index is 0. The molecule has 176 valence electrons. The van der Waals surface area contributed by atoms with Crippen LogP contribution in [0.1, 0.15) is 30.9 Å². The Labute approximate surface area is 213 Å². The van der Waals surface area contributed by atoms with Gasteiger partial charge in [0.25, 0.3) is 0 Å². The van der Waals surface area contributed by atoms with E-state index in [4.69, 9.17) is 21.1 Å². The van der Waals surface area contributed by atoms with Crippen molar-refractivity contribution in [2.75, 3.05) is 33.9 Å². The van der Waals surface area contributed by atoms with Crippen molar-refractivity contribution >= 4 is 41.5 Å². The Balaban J connectivity index is 0.00000363. The molecular weight excluding hydrogens is 539 g/mol. The third-order valence-corrected chi connectivity index (χ3v) is 5.71. The molecule has 0 radical (unpaired) electrons. The van der Waals surface area contributed by atoms with Gasteiger partial charge < -0.3 is 20.1 Å². The third-order valence-electron chi connectivity index (χ3n) is 5.46. The second-order valence-electron chi connectivity index (χ2n) is 7.67. The molecule has 0 saturated carbocycles. The van der Waals surface area contributed by atoms with E-state index in [1.165, 1.54) is 5.56 Å². The van der Waals surface area contributed by atoms with Crippen molar-refractivity contribution < 1.29 is 9.47 Å². The number of nitrogens with zero attached hydrogens (tertiary/aromatic N) is 2. The van der Waals surface area contributed by atoms with E-state index in [1.807, 2.05) is 44.3 Å². The molecule has 0 spiro atoms. The molecule has 0 aliphatic carbocycles. The van der Waals surface area contributed by atoms with E-state index in [0.717, 1.165) is 60.5 Å². The number of nitrogens with one attached hydrogen (secondary N) is 2. The second-order valence-corrected chi connectivity index (χ2v) is 8.10. The summed E-state index contributed by atoms with van der Waals surface area (Å²) in [5, 5.41) is 7.77. The maximum absolute atomic E-state index is 5.99. The van der Waals surface area contributed by atoms with Gasteiger partial charge in [-0.05, 0) is 55.2 Å². The molecule has 2 N–H and O–H groups in total. The van der Waals surface area contributed by atoms with Crippen LogP contribution in [0, 0.1) is 0 Å². The van der Waals surface area contributed by atoms with Gasteiger partial charge in [-0.1, -0.05) is 29.8 Å². The van der Waals surface area contributed by atoms with Crippen LogP contribution in [0.5, 0.6) is 11.5 Å². The van der Waals surface area contributed by atoms with Crippen molar-refractivity contribution in [3.8, 4) is 11.5 Å². The summed E-state index contributed by atoms with van der Waals surface area (Å²) in [6, 6.07) is 14.5. The number of piperidine rings is 1. The third kappa shape index (κ3) is 8.01. The standard InChI is InChI=1S/C24H33ClN4O2.HI/c1-4-31-23-15-19(7-10-22(23)30-3)16-27-24(26-2)28-21-11-13-29(14-12-21)17-18-5-8-20(25)9-6-18;/h5-10,15,21H,4,11-14,16-17H2,1-3H3,(H2,26,27,28);1H. The van der Waals surface area contributed by atoms with Crippen LogP contribution in [-0.4, -0.2) is 50.8 Å². The Morgan fingerprint density at radius 3 is 2.41 bits per heavy atom. The van der Waals surface area contributed by atoms with Crippen LogP contribution < -0.4 is 20.1 Å². The largest absolute Gasteiger partial charge is 0.493 e. The van der Waals surface area contributed by atoms with Crippen LogP contribution in [0.4, 0.5) is 0 Å². The van der Waals surface area contributed by atoms with Gasteiger partial charge in [-0.25, -0.2) is 0 Å². The highest BCUT2D eigenvalue weighted by atomic mass is 127. The molecule has 3 rings (SSSR count). The number of likely N-dealkylation sites (tertiary alicyclic amines) is 1. The van der Waals surface area contributed by atoms with Crippen molar-refractivity contribution in [2.45, 2.75) is 38.9 Å². The lowest BCUT2D eigenvalue weighted by Gasteiger charge is -2.33. The maximum Gasteiger partial charge on any atom is 0.191 e. The quantitative estimate of drug-likeness (QED) is 0.273. The first-order chi connectivity index (χ1) is 15.1. The first kappa shape index (κ1) is 26.5. The number of guanidine groups is 1. The summed E-state index contributed by atoms with van der Waals surface area (Å²) in [4.78, 5) is 6.89. The van der Waals surface area contributed by atoms with E-state index >= 15 is 0 Å². The molecule has 1 aliphatic rings. The highest BCUT2D eigenvalue weighted by Crippen LogP contribution is 2.28. The molecular formula is C24H34ClIN4O2. The van der Waals surface area contributed by atoms with Gasteiger partial charge >= 0.3 is 0 Å². The number of rotatable bonds is 8. The Morgan fingerprint density at radius 2 is 1.78 bits per heavy atom. The minimum Gasteiger partial charge on any atom is -0.493 e. The van der Waals surface area contributed by atoms with E-state index in [2.05, 4.69) is 32.7 Å². The highest BCUT2D eigenvalue weighted by Gasteiger charge is 2.20. The van der Waals surface area contributed by atoms with Crippen LogP contribution in [0.3, 0.4) is 0 Å². The van der Waals surface area contributed by atoms with Crippen LogP contribution >= 0.6 is 35.6 Å². The molecule has 1 aliphatic heterocycles. The zero-order valence-electron chi connectivity index (χ0n) is 19.1. The molecule has 0 aromatic heterocycles. The fourth-order valence-electron chi connectivity index (χ4n) is 3.76. The van der Waals surface area contributed by atoms with Crippen LogP contribution in [0.25, 0.3) is 0 Å². The first-order valence-corrected chi connectivity index (χ1v) is 11.2. The zero-order chi connectivity index (χ0) is 22.1. The molecule has 0 unspecified atom stereocenters. The van der Waals surface area contributed by atoms with Gasteiger partial charge in [0, 0.05) is 44.3 Å². The van der Waals surface area contributed by atoms with Gasteiger partial charge in [-0.15, -0.1) is 24.0 Å². The van der Waals surface area contributed by atoms with Gasteiger partial charge in [0.15, 0.2) is 17.5 Å². The number of benzene rings is 2. The molecule has 1 saturated heterocycles. The van der Waals surface area contributed by atoms with E-state index in [1.54, 1.807) is 7.11 Å². The van der Waals surface area contributed by atoms with E-state index in [9.17, 15) is 0 Å². The molecule has 8 heteroatoms. The van der Waals surface area contributed by atoms with Crippen molar-refractivity contribution in [1.29, 1.82) is 0 Å². The lowest BCUT2D eigenvalue weighted by molar-refractivity contribution is 0.198. The fourth-order valence-corrected chi connectivity index (χ4v) is 3.88. The van der Waals surface area contributed by atoms with Gasteiger partial charge in [0.1, 0.15) is 0 Å². The lowest BCUT2D eigenvalue weighted by Crippen LogP contribution is -2.48. The summed E-state index contributed by atoms with van der Waals surface area (Å²) in [7, 11) is 3.47. The van der Waals surface area contributed by atoms with Gasteiger partial charge in [0.2, 0.25) is 0 Å². The Hall–Kier alpha value is -1.71. The summed E-state index contributed by atoms with van der Waals surface area (Å²) >= 11 is 5.99.